The van der Waals surface area contributed by atoms with E-state index in [1.807, 2.05) is 66.9 Å². The maximum absolute atomic E-state index is 12.9. The molecule has 1 saturated heterocycles. The summed E-state index contributed by atoms with van der Waals surface area (Å²) in [6, 6.07) is 24.0. The van der Waals surface area contributed by atoms with Gasteiger partial charge in [-0.15, -0.1) is 0 Å². The summed E-state index contributed by atoms with van der Waals surface area (Å²) < 4.78 is 5.28. The van der Waals surface area contributed by atoms with Crippen LogP contribution in [0.3, 0.4) is 0 Å². The van der Waals surface area contributed by atoms with E-state index in [2.05, 4.69) is 27.3 Å². The fourth-order valence-corrected chi connectivity index (χ4v) is 4.50. The van der Waals surface area contributed by atoms with E-state index in [-0.39, 0.29) is 11.9 Å². The molecule has 1 aliphatic rings. The zero-order valence-corrected chi connectivity index (χ0v) is 18.6. The summed E-state index contributed by atoms with van der Waals surface area (Å²) in [5, 5.41) is 3.31. The Morgan fingerprint density at radius 1 is 1.06 bits per heavy atom. The number of ether oxygens (including phenoxy) is 1. The number of hydrogen-bond acceptors (Lipinski definition) is 4. The molecule has 2 aromatic carbocycles. The van der Waals surface area contributed by atoms with Crippen LogP contribution in [-0.4, -0.2) is 36.0 Å². The van der Waals surface area contributed by atoms with E-state index in [1.165, 1.54) is 5.56 Å². The minimum atomic E-state index is -0.0916. The largest absolute Gasteiger partial charge is 0.497 e. The van der Waals surface area contributed by atoms with Crippen LogP contribution in [0.25, 0.3) is 0 Å². The fraction of sp³-hybridized carbons (Fsp3) is 0.333. The lowest BCUT2D eigenvalue weighted by atomic mass is 9.88. The maximum Gasteiger partial charge on any atom is 0.224 e. The molecule has 32 heavy (non-hydrogen) atoms. The molecule has 3 aromatic rings. The van der Waals surface area contributed by atoms with Crippen molar-refractivity contribution in [1.29, 1.82) is 0 Å². The van der Waals surface area contributed by atoms with Gasteiger partial charge < -0.3 is 10.1 Å². The standard InChI is InChI=1S/C27H31N3O2/c1-32-24-14-12-22(13-15-24)19-30-17-7-10-23(20-30)27(25-11-5-6-16-28-25)29-26(31)18-21-8-3-2-4-9-21/h2-6,8-9,11-16,23,27H,7,10,17-20H2,1H3,(H,29,31)/t23-,27-/m1/s1. The third kappa shape index (κ3) is 5.95. The number of carbonyl (C=O) groups is 1. The molecule has 2 heterocycles. The van der Waals surface area contributed by atoms with Gasteiger partial charge in [-0.25, -0.2) is 0 Å². The number of nitrogens with zero attached hydrogens (tertiary/aromatic N) is 2. The van der Waals surface area contributed by atoms with Crippen LogP contribution < -0.4 is 10.1 Å². The zero-order chi connectivity index (χ0) is 22.2. The Morgan fingerprint density at radius 3 is 2.56 bits per heavy atom. The van der Waals surface area contributed by atoms with E-state index in [1.54, 1.807) is 7.11 Å². The molecule has 0 aliphatic carbocycles. The normalized spacial score (nSPS) is 17.5. The molecular formula is C27H31N3O2. The summed E-state index contributed by atoms with van der Waals surface area (Å²) >= 11 is 0. The van der Waals surface area contributed by atoms with Crippen LogP contribution in [0.1, 0.15) is 35.7 Å². The smallest absolute Gasteiger partial charge is 0.224 e. The predicted octanol–water partition coefficient (Wildman–Crippen LogP) is 4.40. The lowest BCUT2D eigenvalue weighted by Gasteiger charge is -2.37. The topological polar surface area (TPSA) is 54.5 Å². The molecule has 0 radical (unpaired) electrons. The molecule has 1 aliphatic heterocycles. The van der Waals surface area contributed by atoms with Gasteiger partial charge in [0.05, 0.1) is 25.3 Å². The highest BCUT2D eigenvalue weighted by molar-refractivity contribution is 5.79. The van der Waals surface area contributed by atoms with Crippen LogP contribution in [0.15, 0.2) is 79.0 Å². The minimum absolute atomic E-state index is 0.0409. The molecule has 0 bridgehead atoms. The molecule has 1 N–H and O–H groups in total. The Bertz CT molecular complexity index is 977. The summed E-state index contributed by atoms with van der Waals surface area (Å²) in [7, 11) is 1.69. The van der Waals surface area contributed by atoms with Gasteiger partial charge >= 0.3 is 0 Å². The summed E-state index contributed by atoms with van der Waals surface area (Å²) in [5.74, 6) is 1.23. The van der Waals surface area contributed by atoms with E-state index in [4.69, 9.17) is 4.74 Å². The van der Waals surface area contributed by atoms with E-state index < -0.39 is 0 Å². The lowest BCUT2D eigenvalue weighted by Crippen LogP contribution is -2.43. The Balaban J connectivity index is 1.45. The highest BCUT2D eigenvalue weighted by Gasteiger charge is 2.30. The third-order valence-corrected chi connectivity index (χ3v) is 6.11. The number of pyridine rings is 1. The Hall–Kier alpha value is -3.18. The molecule has 166 valence electrons. The first kappa shape index (κ1) is 22.0. The van der Waals surface area contributed by atoms with Crippen LogP contribution in [-0.2, 0) is 17.8 Å². The number of piperidine rings is 1. The van der Waals surface area contributed by atoms with Gasteiger partial charge in [0.15, 0.2) is 0 Å². The van der Waals surface area contributed by atoms with Crippen molar-refractivity contribution >= 4 is 5.91 Å². The first-order chi connectivity index (χ1) is 15.7. The first-order valence-electron chi connectivity index (χ1n) is 11.3. The molecule has 5 heteroatoms. The van der Waals surface area contributed by atoms with Gasteiger partial charge in [-0.3, -0.25) is 14.7 Å². The molecular weight excluding hydrogens is 398 g/mol. The Morgan fingerprint density at radius 2 is 1.84 bits per heavy atom. The number of rotatable bonds is 8. The van der Waals surface area contributed by atoms with Crippen molar-refractivity contribution in [3.8, 4) is 5.75 Å². The number of carbonyl (C=O) groups excluding carboxylic acids is 1. The predicted molar refractivity (Wildman–Crippen MR) is 126 cm³/mol. The van der Waals surface area contributed by atoms with Crippen molar-refractivity contribution in [3.63, 3.8) is 0 Å². The number of nitrogens with one attached hydrogen (secondary N) is 1. The number of hydrogen-bond donors (Lipinski definition) is 1. The number of benzene rings is 2. The number of likely N-dealkylation sites (tertiary alicyclic amines) is 1. The van der Waals surface area contributed by atoms with E-state index in [0.717, 1.165) is 49.5 Å². The van der Waals surface area contributed by atoms with Gasteiger partial charge in [-0.1, -0.05) is 48.5 Å². The molecule has 0 spiro atoms. The summed E-state index contributed by atoms with van der Waals surface area (Å²) in [4.78, 5) is 20.0. The number of amides is 1. The van der Waals surface area contributed by atoms with E-state index in [0.29, 0.717) is 12.3 Å². The van der Waals surface area contributed by atoms with Gasteiger partial charge in [-0.2, -0.15) is 0 Å². The zero-order valence-electron chi connectivity index (χ0n) is 18.6. The van der Waals surface area contributed by atoms with Crippen molar-refractivity contribution < 1.29 is 9.53 Å². The van der Waals surface area contributed by atoms with Crippen LogP contribution in [0, 0.1) is 5.92 Å². The minimum Gasteiger partial charge on any atom is -0.497 e. The second-order valence-electron chi connectivity index (χ2n) is 8.45. The average molecular weight is 430 g/mol. The first-order valence-corrected chi connectivity index (χ1v) is 11.3. The van der Waals surface area contributed by atoms with Crippen LogP contribution in [0.5, 0.6) is 5.75 Å². The van der Waals surface area contributed by atoms with Crippen molar-refractivity contribution in [2.75, 3.05) is 20.2 Å². The second kappa shape index (κ2) is 10.9. The summed E-state index contributed by atoms with van der Waals surface area (Å²) in [5.41, 5.74) is 3.23. The van der Waals surface area contributed by atoms with Gasteiger partial charge in [0.1, 0.15) is 5.75 Å². The third-order valence-electron chi connectivity index (χ3n) is 6.11. The van der Waals surface area contributed by atoms with Gasteiger partial charge in [0.25, 0.3) is 0 Å². The quantitative estimate of drug-likeness (QED) is 0.577. The van der Waals surface area contributed by atoms with Crippen molar-refractivity contribution in [2.24, 2.45) is 5.92 Å². The molecule has 1 aromatic heterocycles. The van der Waals surface area contributed by atoms with Crippen LogP contribution in [0.2, 0.25) is 0 Å². The van der Waals surface area contributed by atoms with Gasteiger partial charge in [0, 0.05) is 19.3 Å². The highest BCUT2D eigenvalue weighted by Crippen LogP contribution is 2.30. The average Bonchev–Trinajstić information content (AvgIpc) is 2.84. The van der Waals surface area contributed by atoms with E-state index in [9.17, 15) is 4.79 Å². The molecule has 1 amide bonds. The highest BCUT2D eigenvalue weighted by atomic mass is 16.5. The lowest BCUT2D eigenvalue weighted by molar-refractivity contribution is -0.121. The molecule has 4 rings (SSSR count). The van der Waals surface area contributed by atoms with Gasteiger partial charge in [0.2, 0.25) is 5.91 Å². The summed E-state index contributed by atoms with van der Waals surface area (Å²) in [6.45, 7) is 2.89. The van der Waals surface area contributed by atoms with Crippen molar-refractivity contribution in [1.82, 2.24) is 15.2 Å². The molecule has 1 fully saturated rings. The molecule has 0 unspecified atom stereocenters. The fourth-order valence-electron chi connectivity index (χ4n) is 4.50. The molecule has 2 atom stereocenters. The van der Waals surface area contributed by atoms with E-state index >= 15 is 0 Å². The van der Waals surface area contributed by atoms with Crippen LogP contribution in [0.4, 0.5) is 0 Å². The number of methoxy groups -OCH3 is 1. The maximum atomic E-state index is 12.9. The second-order valence-corrected chi connectivity index (χ2v) is 8.45. The Kier molecular flexibility index (Phi) is 7.51. The summed E-state index contributed by atoms with van der Waals surface area (Å²) in [6.07, 6.45) is 4.38. The Labute approximate surface area is 190 Å². The molecule has 5 nitrogen and oxygen atoms in total. The van der Waals surface area contributed by atoms with Crippen molar-refractivity contribution in [3.05, 3.63) is 95.8 Å². The number of aromatic nitrogens is 1. The molecule has 0 saturated carbocycles. The van der Waals surface area contributed by atoms with Crippen LogP contribution >= 0.6 is 0 Å². The monoisotopic (exact) mass is 429 g/mol. The van der Waals surface area contributed by atoms with Gasteiger partial charge in [-0.05, 0) is 60.7 Å². The van der Waals surface area contributed by atoms with Crippen molar-refractivity contribution in [2.45, 2.75) is 31.8 Å². The SMILES string of the molecule is COc1ccc(CN2CCC[C@@H]([C@@H](NC(=O)Cc3ccccc3)c3ccccn3)C2)cc1.